The van der Waals surface area contributed by atoms with Crippen molar-refractivity contribution in [3.05, 3.63) is 42.7 Å². The average molecular weight is 387 g/mol. The Hall–Kier alpha value is -2.81. The number of amides is 3. The lowest BCUT2D eigenvalue weighted by Gasteiger charge is -2.08. The van der Waals surface area contributed by atoms with E-state index in [1.165, 1.54) is 11.8 Å². The maximum atomic E-state index is 12.0. The Morgan fingerprint density at radius 2 is 2.07 bits per heavy atom. The van der Waals surface area contributed by atoms with Crippen LogP contribution in [0.1, 0.15) is 24.6 Å². The van der Waals surface area contributed by atoms with Crippen LogP contribution >= 0.6 is 11.8 Å². The number of nitrogens with one attached hydrogen (secondary N) is 2. The molecule has 0 saturated heterocycles. The summed E-state index contributed by atoms with van der Waals surface area (Å²) in [4.78, 5) is 24.0. The molecule has 142 valence electrons. The van der Waals surface area contributed by atoms with Crippen molar-refractivity contribution in [2.75, 3.05) is 18.2 Å². The number of ether oxygens (including phenoxy) is 1. The Morgan fingerprint density at radius 1 is 1.33 bits per heavy atom. The molecule has 8 nitrogen and oxygen atoms in total. The van der Waals surface area contributed by atoms with Crippen LogP contribution in [0.25, 0.3) is 0 Å². The van der Waals surface area contributed by atoms with Crippen LogP contribution in [0.5, 0.6) is 5.75 Å². The minimum absolute atomic E-state index is 0.0655. The van der Waals surface area contributed by atoms with Gasteiger partial charge in [-0.25, -0.2) is 4.79 Å². The topological polar surface area (TPSA) is 98.1 Å². The molecule has 1 aliphatic rings. The van der Waals surface area contributed by atoms with Crippen LogP contribution in [0.4, 0.5) is 10.5 Å². The Labute approximate surface area is 161 Å². The van der Waals surface area contributed by atoms with Gasteiger partial charge in [-0.1, -0.05) is 17.8 Å². The Balaban J connectivity index is 1.50. The van der Waals surface area contributed by atoms with Gasteiger partial charge in [0, 0.05) is 18.2 Å². The molecule has 9 heteroatoms. The average Bonchev–Trinajstić information content (AvgIpc) is 3.42. The van der Waals surface area contributed by atoms with Gasteiger partial charge in [0.1, 0.15) is 11.6 Å². The number of allylic oxidation sites excluding steroid dienone is 1. The number of methoxy groups -OCH3 is 1. The molecule has 27 heavy (non-hydrogen) atoms. The fourth-order valence-electron chi connectivity index (χ4n) is 2.48. The van der Waals surface area contributed by atoms with Crippen molar-refractivity contribution in [2.45, 2.75) is 30.5 Å². The molecule has 3 amide bonds. The number of aromatic nitrogens is 3. The second-order valence-electron chi connectivity index (χ2n) is 6.03. The number of hydrogen-bond donors (Lipinski definition) is 2. The molecular formula is C18H21N5O3S. The van der Waals surface area contributed by atoms with Crippen molar-refractivity contribution in [1.82, 2.24) is 20.1 Å². The molecule has 0 unspecified atom stereocenters. The highest BCUT2D eigenvalue weighted by molar-refractivity contribution is 7.99. The summed E-state index contributed by atoms with van der Waals surface area (Å²) in [5.74, 6) is 1.73. The Morgan fingerprint density at radius 3 is 2.70 bits per heavy atom. The monoisotopic (exact) mass is 387 g/mol. The number of rotatable bonds is 8. The van der Waals surface area contributed by atoms with Crippen molar-refractivity contribution in [1.29, 1.82) is 0 Å². The van der Waals surface area contributed by atoms with Gasteiger partial charge in [-0.3, -0.25) is 10.1 Å². The van der Waals surface area contributed by atoms with Crippen molar-refractivity contribution < 1.29 is 14.3 Å². The summed E-state index contributed by atoms with van der Waals surface area (Å²) in [6.07, 6.45) is 4.01. The molecule has 2 aromatic rings. The highest BCUT2D eigenvalue weighted by Gasteiger charge is 2.30. The van der Waals surface area contributed by atoms with Crippen LogP contribution in [0, 0.1) is 0 Å². The maximum absolute atomic E-state index is 12.0. The van der Waals surface area contributed by atoms with E-state index < -0.39 is 11.9 Å². The molecule has 0 radical (unpaired) electrons. The van der Waals surface area contributed by atoms with E-state index in [1.807, 2.05) is 4.57 Å². The third-order valence-corrected chi connectivity index (χ3v) is 4.90. The number of anilines is 1. The van der Waals surface area contributed by atoms with Crippen molar-refractivity contribution in [3.8, 4) is 5.75 Å². The van der Waals surface area contributed by atoms with E-state index in [1.54, 1.807) is 37.5 Å². The molecule has 1 fully saturated rings. The molecule has 1 saturated carbocycles. The molecule has 0 spiro atoms. The predicted molar refractivity (Wildman–Crippen MR) is 103 cm³/mol. The summed E-state index contributed by atoms with van der Waals surface area (Å²) < 4.78 is 7.03. The molecule has 1 aromatic carbocycles. The van der Waals surface area contributed by atoms with E-state index in [0.717, 1.165) is 18.7 Å². The second-order valence-corrected chi connectivity index (χ2v) is 6.98. The van der Waals surface area contributed by atoms with Gasteiger partial charge in [-0.2, -0.15) is 0 Å². The van der Waals surface area contributed by atoms with E-state index >= 15 is 0 Å². The summed E-state index contributed by atoms with van der Waals surface area (Å²) in [5.41, 5.74) is 0.563. The zero-order valence-corrected chi connectivity index (χ0v) is 15.8. The van der Waals surface area contributed by atoms with Gasteiger partial charge in [0.15, 0.2) is 5.16 Å². The highest BCUT2D eigenvalue weighted by Crippen LogP contribution is 2.40. The quantitative estimate of drug-likeness (QED) is 0.534. The van der Waals surface area contributed by atoms with Gasteiger partial charge in [-0.15, -0.1) is 16.8 Å². The molecule has 0 atom stereocenters. The number of urea groups is 1. The molecule has 3 rings (SSSR count). The summed E-state index contributed by atoms with van der Waals surface area (Å²) in [7, 11) is 1.56. The van der Waals surface area contributed by atoms with E-state index in [-0.39, 0.29) is 5.75 Å². The van der Waals surface area contributed by atoms with E-state index in [4.69, 9.17) is 4.74 Å². The smallest absolute Gasteiger partial charge is 0.325 e. The van der Waals surface area contributed by atoms with Crippen LogP contribution < -0.4 is 15.4 Å². The standard InChI is InChI=1S/C18H21N5O3S/c1-3-10-23-16(12-4-5-12)21-22-18(23)27-11-15(24)20-17(25)19-13-6-8-14(26-2)9-7-13/h3,6-9,12H,1,4-5,10-11H2,2H3,(H2,19,20,24,25). The number of hydrogen-bond acceptors (Lipinski definition) is 6. The number of carbonyl (C=O) groups excluding carboxylic acids is 2. The second kappa shape index (κ2) is 8.72. The Kier molecular flexibility index (Phi) is 6.12. The molecule has 1 heterocycles. The zero-order valence-electron chi connectivity index (χ0n) is 15.0. The highest BCUT2D eigenvalue weighted by atomic mass is 32.2. The number of carbonyl (C=O) groups is 2. The molecule has 0 bridgehead atoms. The maximum Gasteiger partial charge on any atom is 0.325 e. The van der Waals surface area contributed by atoms with Gasteiger partial charge in [0.05, 0.1) is 12.9 Å². The predicted octanol–water partition coefficient (Wildman–Crippen LogP) is 2.79. The summed E-state index contributed by atoms with van der Waals surface area (Å²) in [6, 6.07) is 6.23. The van der Waals surface area contributed by atoms with Gasteiger partial charge in [0.2, 0.25) is 5.91 Å². The van der Waals surface area contributed by atoms with Crippen LogP contribution in [-0.2, 0) is 11.3 Å². The first kappa shape index (κ1) is 19.0. The third kappa shape index (κ3) is 5.10. The first-order valence-electron chi connectivity index (χ1n) is 8.52. The van der Waals surface area contributed by atoms with Gasteiger partial charge < -0.3 is 14.6 Å². The molecule has 1 aliphatic carbocycles. The zero-order chi connectivity index (χ0) is 19.2. The number of benzene rings is 1. The number of thioether (sulfide) groups is 1. The first-order chi connectivity index (χ1) is 13.1. The van der Waals surface area contributed by atoms with E-state index in [2.05, 4.69) is 27.4 Å². The van der Waals surface area contributed by atoms with Crippen molar-refractivity contribution >= 4 is 29.4 Å². The van der Waals surface area contributed by atoms with Crippen molar-refractivity contribution in [2.24, 2.45) is 0 Å². The minimum atomic E-state index is -0.586. The van der Waals surface area contributed by atoms with Gasteiger partial charge >= 0.3 is 6.03 Å². The molecule has 0 aliphatic heterocycles. The normalized spacial score (nSPS) is 13.1. The SMILES string of the molecule is C=CCn1c(SCC(=O)NC(=O)Nc2ccc(OC)cc2)nnc1C1CC1. The fraction of sp³-hybridized carbons (Fsp3) is 0.333. The lowest BCUT2D eigenvalue weighted by molar-refractivity contribution is -0.117. The van der Waals surface area contributed by atoms with Crippen LogP contribution in [-0.4, -0.2) is 39.6 Å². The molecule has 1 aromatic heterocycles. The lowest BCUT2D eigenvalue weighted by atomic mass is 10.3. The molecular weight excluding hydrogens is 366 g/mol. The van der Waals surface area contributed by atoms with Crippen molar-refractivity contribution in [3.63, 3.8) is 0 Å². The first-order valence-corrected chi connectivity index (χ1v) is 9.51. The van der Waals surface area contributed by atoms with Crippen LogP contribution in [0.2, 0.25) is 0 Å². The minimum Gasteiger partial charge on any atom is -0.497 e. The van der Waals surface area contributed by atoms with Gasteiger partial charge in [-0.05, 0) is 37.1 Å². The van der Waals surface area contributed by atoms with Crippen LogP contribution in [0.3, 0.4) is 0 Å². The van der Waals surface area contributed by atoms with Gasteiger partial charge in [0.25, 0.3) is 0 Å². The van der Waals surface area contributed by atoms with Crippen LogP contribution in [0.15, 0.2) is 42.1 Å². The van der Waals surface area contributed by atoms with E-state index in [0.29, 0.717) is 29.1 Å². The summed E-state index contributed by atoms with van der Waals surface area (Å²) in [5, 5.41) is 14.0. The largest absolute Gasteiger partial charge is 0.497 e. The number of imide groups is 1. The lowest BCUT2D eigenvalue weighted by Crippen LogP contribution is -2.35. The molecule has 2 N–H and O–H groups in total. The fourth-order valence-corrected chi connectivity index (χ4v) is 3.24. The van der Waals surface area contributed by atoms with E-state index in [9.17, 15) is 9.59 Å². The summed E-state index contributed by atoms with van der Waals surface area (Å²) >= 11 is 1.25. The third-order valence-electron chi connectivity index (χ3n) is 3.93. The summed E-state index contributed by atoms with van der Waals surface area (Å²) in [6.45, 7) is 4.36. The number of nitrogens with zero attached hydrogens (tertiary/aromatic N) is 3. The Bertz CT molecular complexity index is 830.